The Morgan fingerprint density at radius 3 is 2.32 bits per heavy atom. The highest BCUT2D eigenvalue weighted by atomic mass is 16.5. The van der Waals surface area contributed by atoms with Gasteiger partial charge in [-0.05, 0) is 25.3 Å². The van der Waals surface area contributed by atoms with Crippen LogP contribution in [0.1, 0.15) is 32.8 Å². The molecule has 5 nitrogen and oxygen atoms in total. The van der Waals surface area contributed by atoms with Gasteiger partial charge >= 0.3 is 5.97 Å². The number of rotatable bonds is 8. The van der Waals surface area contributed by atoms with E-state index in [1.807, 2.05) is 44.2 Å². The molecule has 22 heavy (non-hydrogen) atoms. The monoisotopic (exact) mass is 306 g/mol. The van der Waals surface area contributed by atoms with Gasteiger partial charge in [-0.2, -0.15) is 0 Å². The fourth-order valence-corrected chi connectivity index (χ4v) is 2.20. The molecule has 0 aliphatic carbocycles. The molecule has 1 amide bonds. The normalized spacial score (nSPS) is 13.5. The number of methoxy groups -OCH3 is 1. The average molecular weight is 306 g/mol. The van der Waals surface area contributed by atoms with E-state index in [0.29, 0.717) is 6.42 Å². The first-order valence-corrected chi connectivity index (χ1v) is 7.62. The van der Waals surface area contributed by atoms with Crippen LogP contribution in [-0.2, 0) is 20.7 Å². The minimum atomic E-state index is -0.648. The van der Waals surface area contributed by atoms with E-state index in [1.54, 1.807) is 6.92 Å². The van der Waals surface area contributed by atoms with Crippen molar-refractivity contribution in [2.45, 2.75) is 51.7 Å². The first-order valence-electron chi connectivity index (χ1n) is 7.62. The van der Waals surface area contributed by atoms with Crippen LogP contribution in [0.5, 0.6) is 0 Å². The fraction of sp³-hybridized carbons (Fsp3) is 0.529. The summed E-state index contributed by atoms with van der Waals surface area (Å²) in [6.45, 7) is 5.60. The molecule has 1 aromatic rings. The Morgan fingerprint density at radius 2 is 1.77 bits per heavy atom. The lowest BCUT2D eigenvalue weighted by Crippen LogP contribution is -2.51. The van der Waals surface area contributed by atoms with E-state index in [4.69, 9.17) is 0 Å². The molecule has 0 spiro atoms. The van der Waals surface area contributed by atoms with E-state index >= 15 is 0 Å². The predicted octanol–water partition coefficient (Wildman–Crippen LogP) is 1.66. The summed E-state index contributed by atoms with van der Waals surface area (Å²) in [6, 6.07) is 9.22. The van der Waals surface area contributed by atoms with Gasteiger partial charge in [-0.1, -0.05) is 44.2 Å². The zero-order valence-electron chi connectivity index (χ0n) is 13.8. The molecule has 0 radical (unpaired) electrons. The van der Waals surface area contributed by atoms with Crippen LogP contribution in [0.2, 0.25) is 0 Å². The lowest BCUT2D eigenvalue weighted by Gasteiger charge is -2.22. The molecule has 5 heteroatoms. The minimum absolute atomic E-state index is 0.178. The Labute approximate surface area is 132 Å². The Kier molecular flexibility index (Phi) is 7.60. The minimum Gasteiger partial charge on any atom is -0.467 e. The number of hydrogen-bond acceptors (Lipinski definition) is 4. The Hall–Kier alpha value is -1.88. The third kappa shape index (κ3) is 6.26. The maximum atomic E-state index is 12.3. The first-order chi connectivity index (χ1) is 10.4. The first kappa shape index (κ1) is 18.2. The summed E-state index contributed by atoms with van der Waals surface area (Å²) in [5.74, 6) is -0.623. The molecule has 2 atom stereocenters. The number of esters is 1. The van der Waals surface area contributed by atoms with Crippen molar-refractivity contribution in [3.8, 4) is 0 Å². The molecule has 0 saturated carbocycles. The van der Waals surface area contributed by atoms with Gasteiger partial charge in [0.15, 0.2) is 0 Å². The van der Waals surface area contributed by atoms with Crippen LogP contribution < -0.4 is 10.6 Å². The zero-order chi connectivity index (χ0) is 16.5. The molecule has 0 fully saturated rings. The number of benzene rings is 1. The molecule has 0 aliphatic rings. The highest BCUT2D eigenvalue weighted by Gasteiger charge is 2.23. The molecule has 0 saturated heterocycles. The topological polar surface area (TPSA) is 67.4 Å². The SMILES string of the molecule is COC(=O)C(C)NC(=O)C(CCc1ccccc1)NC(C)C. The predicted molar refractivity (Wildman–Crippen MR) is 86.4 cm³/mol. The smallest absolute Gasteiger partial charge is 0.328 e. The Bertz CT molecular complexity index is 474. The quantitative estimate of drug-likeness (QED) is 0.717. The molecule has 2 unspecified atom stereocenters. The van der Waals surface area contributed by atoms with Crippen molar-refractivity contribution in [1.82, 2.24) is 10.6 Å². The van der Waals surface area contributed by atoms with Crippen LogP contribution in [0.4, 0.5) is 0 Å². The Balaban J connectivity index is 2.62. The second-order valence-corrected chi connectivity index (χ2v) is 5.65. The van der Waals surface area contributed by atoms with Gasteiger partial charge < -0.3 is 15.4 Å². The van der Waals surface area contributed by atoms with Gasteiger partial charge in [0, 0.05) is 6.04 Å². The molecular weight excluding hydrogens is 280 g/mol. The van der Waals surface area contributed by atoms with Gasteiger partial charge in [0.05, 0.1) is 13.2 Å². The van der Waals surface area contributed by atoms with E-state index in [9.17, 15) is 9.59 Å². The summed E-state index contributed by atoms with van der Waals surface area (Å²) in [6.07, 6.45) is 1.47. The lowest BCUT2D eigenvalue weighted by atomic mass is 10.0. The van der Waals surface area contributed by atoms with Gasteiger partial charge in [0.1, 0.15) is 6.04 Å². The van der Waals surface area contributed by atoms with Crippen LogP contribution in [-0.4, -0.2) is 37.1 Å². The summed E-state index contributed by atoms with van der Waals surface area (Å²) in [7, 11) is 1.31. The highest BCUT2D eigenvalue weighted by Crippen LogP contribution is 2.06. The Morgan fingerprint density at radius 1 is 1.14 bits per heavy atom. The van der Waals surface area contributed by atoms with Crippen LogP contribution in [0, 0.1) is 0 Å². The largest absolute Gasteiger partial charge is 0.467 e. The average Bonchev–Trinajstić information content (AvgIpc) is 2.51. The van der Waals surface area contributed by atoms with Crippen molar-refractivity contribution in [3.63, 3.8) is 0 Å². The third-order valence-electron chi connectivity index (χ3n) is 3.33. The molecule has 0 aliphatic heterocycles. The van der Waals surface area contributed by atoms with Crippen LogP contribution >= 0.6 is 0 Å². The number of amides is 1. The second-order valence-electron chi connectivity index (χ2n) is 5.65. The standard InChI is InChI=1S/C17H26N2O3/c1-12(2)18-15(11-10-14-8-6-5-7-9-14)16(20)19-13(3)17(21)22-4/h5-9,12-13,15,18H,10-11H2,1-4H3,(H,19,20). The zero-order valence-corrected chi connectivity index (χ0v) is 13.8. The summed E-state index contributed by atoms with van der Waals surface area (Å²) in [4.78, 5) is 23.8. The van der Waals surface area contributed by atoms with Crippen molar-refractivity contribution >= 4 is 11.9 Å². The summed E-state index contributed by atoms with van der Waals surface area (Å²) < 4.78 is 4.63. The summed E-state index contributed by atoms with van der Waals surface area (Å²) in [5.41, 5.74) is 1.19. The molecular formula is C17H26N2O3. The van der Waals surface area contributed by atoms with Gasteiger partial charge in [-0.25, -0.2) is 4.79 Å². The number of nitrogens with one attached hydrogen (secondary N) is 2. The van der Waals surface area contributed by atoms with E-state index < -0.39 is 12.0 Å². The van der Waals surface area contributed by atoms with Crippen molar-refractivity contribution in [3.05, 3.63) is 35.9 Å². The van der Waals surface area contributed by atoms with Crippen molar-refractivity contribution in [2.24, 2.45) is 0 Å². The number of hydrogen-bond donors (Lipinski definition) is 2. The molecule has 0 bridgehead atoms. The van der Waals surface area contributed by atoms with E-state index in [1.165, 1.54) is 12.7 Å². The molecule has 0 aromatic heterocycles. The van der Waals surface area contributed by atoms with Crippen molar-refractivity contribution in [1.29, 1.82) is 0 Å². The fourth-order valence-electron chi connectivity index (χ4n) is 2.20. The van der Waals surface area contributed by atoms with E-state index in [2.05, 4.69) is 15.4 Å². The van der Waals surface area contributed by atoms with Crippen LogP contribution in [0.25, 0.3) is 0 Å². The van der Waals surface area contributed by atoms with Gasteiger partial charge in [-0.15, -0.1) is 0 Å². The van der Waals surface area contributed by atoms with Crippen molar-refractivity contribution in [2.75, 3.05) is 7.11 Å². The van der Waals surface area contributed by atoms with E-state index in [-0.39, 0.29) is 18.0 Å². The van der Waals surface area contributed by atoms with Gasteiger partial charge in [0.25, 0.3) is 0 Å². The van der Waals surface area contributed by atoms with Crippen LogP contribution in [0.15, 0.2) is 30.3 Å². The molecule has 0 heterocycles. The number of ether oxygens (including phenoxy) is 1. The second kappa shape index (κ2) is 9.20. The van der Waals surface area contributed by atoms with Gasteiger partial charge in [-0.3, -0.25) is 4.79 Å². The van der Waals surface area contributed by atoms with E-state index in [0.717, 1.165) is 6.42 Å². The van der Waals surface area contributed by atoms with Gasteiger partial charge in [0.2, 0.25) is 5.91 Å². The summed E-state index contributed by atoms with van der Waals surface area (Å²) >= 11 is 0. The van der Waals surface area contributed by atoms with Crippen LogP contribution in [0.3, 0.4) is 0 Å². The maximum Gasteiger partial charge on any atom is 0.328 e. The molecule has 1 rings (SSSR count). The number of aryl methyl sites for hydroxylation is 1. The maximum absolute atomic E-state index is 12.3. The highest BCUT2D eigenvalue weighted by molar-refractivity contribution is 5.87. The summed E-state index contributed by atoms with van der Waals surface area (Å²) in [5, 5.41) is 5.94. The lowest BCUT2D eigenvalue weighted by molar-refractivity contribution is -0.144. The van der Waals surface area contributed by atoms with Crippen molar-refractivity contribution < 1.29 is 14.3 Å². The third-order valence-corrected chi connectivity index (χ3v) is 3.33. The molecule has 122 valence electrons. The number of carbonyl (C=O) groups is 2. The molecule has 1 aromatic carbocycles. The molecule has 2 N–H and O–H groups in total. The number of carbonyl (C=O) groups excluding carboxylic acids is 2.